The Morgan fingerprint density at radius 2 is 1.33 bits per heavy atom. The Bertz CT molecular complexity index is 718. The molecule has 0 aliphatic carbocycles. The Morgan fingerprint density at radius 3 is 2.05 bits per heavy atom. The second-order valence-corrected chi connectivity index (χ2v) is 5.43. The van der Waals surface area contributed by atoms with Crippen molar-refractivity contribution in [1.82, 2.24) is 0 Å². The van der Waals surface area contributed by atoms with Crippen molar-refractivity contribution in [3.8, 4) is 22.3 Å². The number of rotatable bonds is 2. The van der Waals surface area contributed by atoms with Gasteiger partial charge in [0, 0.05) is 5.56 Å². The predicted octanol–water partition coefficient (Wildman–Crippen LogP) is 5.55. The molecule has 0 saturated heterocycles. The molecule has 0 bridgehead atoms. The average molecular weight is 270 g/mol. The van der Waals surface area contributed by atoms with E-state index < -0.39 is 0 Å². The monoisotopic (exact) mass is 270 g/mol. The van der Waals surface area contributed by atoms with E-state index in [0.717, 1.165) is 5.56 Å². The van der Waals surface area contributed by atoms with Gasteiger partial charge in [-0.1, -0.05) is 54.6 Å². The van der Waals surface area contributed by atoms with Crippen LogP contribution in [-0.2, 0) is 0 Å². The summed E-state index contributed by atoms with van der Waals surface area (Å²) in [7, 11) is 0. The smallest absolute Gasteiger partial charge is 0.00715 e. The van der Waals surface area contributed by atoms with Gasteiger partial charge in [-0.3, -0.25) is 0 Å². The molecule has 0 saturated carbocycles. The van der Waals surface area contributed by atoms with E-state index in [1.807, 2.05) is 6.07 Å². The summed E-state index contributed by atoms with van der Waals surface area (Å²) in [6, 6.07) is 25.3. The molecule has 0 heteroatoms. The highest BCUT2D eigenvalue weighted by Gasteiger charge is 2.10. The first-order chi connectivity index (χ1) is 10.2. The molecule has 0 aliphatic rings. The lowest BCUT2D eigenvalue weighted by atomic mass is 9.90. The first-order valence-electron chi connectivity index (χ1n) is 7.23. The second kappa shape index (κ2) is 5.46. The molecule has 0 radical (unpaired) electrons. The van der Waals surface area contributed by atoms with E-state index in [-0.39, 0.29) is 0 Å². The summed E-state index contributed by atoms with van der Waals surface area (Å²) in [4.78, 5) is 0. The van der Waals surface area contributed by atoms with Crippen LogP contribution >= 0.6 is 0 Å². The van der Waals surface area contributed by atoms with Gasteiger partial charge in [-0.05, 0) is 66.3 Å². The van der Waals surface area contributed by atoms with E-state index in [1.165, 1.54) is 33.4 Å². The van der Waals surface area contributed by atoms with Crippen LogP contribution in [0, 0.1) is 32.9 Å². The summed E-state index contributed by atoms with van der Waals surface area (Å²) in [5.41, 5.74) is 8.89. The molecule has 0 N–H and O–H groups in total. The van der Waals surface area contributed by atoms with Gasteiger partial charge in [0.25, 0.3) is 0 Å². The average Bonchev–Trinajstić information content (AvgIpc) is 2.49. The van der Waals surface area contributed by atoms with Gasteiger partial charge in [0.05, 0.1) is 0 Å². The normalized spacial score (nSPS) is 10.2. The Kier molecular flexibility index (Phi) is 3.50. The van der Waals surface area contributed by atoms with E-state index in [1.54, 1.807) is 0 Å². The van der Waals surface area contributed by atoms with Gasteiger partial charge >= 0.3 is 0 Å². The lowest BCUT2D eigenvalue weighted by molar-refractivity contribution is 1.39. The maximum absolute atomic E-state index is 3.17. The standard InChI is InChI=1S/C21H18/c1-15-9-4-6-11-18(15)20-13-8-14-21(17(20)3)19-12-7-5-10-16(19)2/h4,6-9,11-14H,1-3H3. The number of aryl methyl sites for hydroxylation is 1. The van der Waals surface area contributed by atoms with Crippen LogP contribution in [0.1, 0.15) is 16.7 Å². The molecular weight excluding hydrogens is 252 g/mol. The third-order valence-corrected chi connectivity index (χ3v) is 4.06. The Labute approximate surface area is 127 Å². The Morgan fingerprint density at radius 1 is 0.667 bits per heavy atom. The zero-order valence-corrected chi connectivity index (χ0v) is 12.7. The molecule has 0 unspecified atom stereocenters. The summed E-state index contributed by atoms with van der Waals surface area (Å²) < 4.78 is 0. The van der Waals surface area contributed by atoms with Crippen LogP contribution in [0.25, 0.3) is 22.3 Å². The second-order valence-electron chi connectivity index (χ2n) is 5.43. The largest absolute Gasteiger partial charge is 0.0699 e. The van der Waals surface area contributed by atoms with Crippen LogP contribution in [0.3, 0.4) is 0 Å². The number of hydrogen-bond acceptors (Lipinski definition) is 0. The van der Waals surface area contributed by atoms with Gasteiger partial charge in [-0.15, -0.1) is 0 Å². The Balaban J connectivity index is 2.21. The quantitative estimate of drug-likeness (QED) is 0.573. The summed E-state index contributed by atoms with van der Waals surface area (Å²) in [5.74, 6) is 0. The maximum Gasteiger partial charge on any atom is 0.00715 e. The van der Waals surface area contributed by atoms with Crippen LogP contribution in [0.4, 0.5) is 0 Å². The third kappa shape index (κ3) is 2.43. The minimum Gasteiger partial charge on any atom is -0.0699 e. The van der Waals surface area contributed by atoms with Crippen LogP contribution in [-0.4, -0.2) is 0 Å². The zero-order chi connectivity index (χ0) is 14.8. The molecule has 0 atom stereocenters. The highest BCUT2D eigenvalue weighted by atomic mass is 14.1. The third-order valence-electron chi connectivity index (χ3n) is 4.06. The van der Waals surface area contributed by atoms with Gasteiger partial charge < -0.3 is 0 Å². The van der Waals surface area contributed by atoms with Crippen LogP contribution in [0.15, 0.2) is 54.6 Å². The summed E-state index contributed by atoms with van der Waals surface area (Å²) in [6.07, 6.45) is 0. The SMILES string of the molecule is Cc1c#cccc1-c1cccc(-c2ccccc2C)c1C. The van der Waals surface area contributed by atoms with Crippen molar-refractivity contribution in [3.05, 3.63) is 83.4 Å². The van der Waals surface area contributed by atoms with Crippen molar-refractivity contribution in [3.63, 3.8) is 0 Å². The van der Waals surface area contributed by atoms with Gasteiger partial charge in [0.1, 0.15) is 0 Å². The topological polar surface area (TPSA) is 0 Å². The fourth-order valence-corrected chi connectivity index (χ4v) is 2.85. The van der Waals surface area contributed by atoms with Crippen molar-refractivity contribution < 1.29 is 0 Å². The van der Waals surface area contributed by atoms with E-state index in [0.29, 0.717) is 0 Å². The molecule has 21 heavy (non-hydrogen) atoms. The van der Waals surface area contributed by atoms with E-state index in [4.69, 9.17) is 0 Å². The molecule has 0 aromatic heterocycles. The van der Waals surface area contributed by atoms with Crippen LogP contribution < -0.4 is 0 Å². The van der Waals surface area contributed by atoms with Crippen molar-refractivity contribution in [2.24, 2.45) is 0 Å². The van der Waals surface area contributed by atoms with Crippen molar-refractivity contribution in [2.45, 2.75) is 20.8 Å². The minimum atomic E-state index is 1.14. The summed E-state index contributed by atoms with van der Waals surface area (Å²) in [6.45, 7) is 6.46. The highest BCUT2D eigenvalue weighted by Crippen LogP contribution is 2.33. The van der Waals surface area contributed by atoms with E-state index in [9.17, 15) is 0 Å². The number of hydrogen-bond donors (Lipinski definition) is 0. The molecule has 3 aromatic carbocycles. The molecule has 0 amide bonds. The first kappa shape index (κ1) is 13.5. The first-order valence-corrected chi connectivity index (χ1v) is 7.23. The minimum absolute atomic E-state index is 1.14. The van der Waals surface area contributed by atoms with Crippen LogP contribution in [0.2, 0.25) is 0 Å². The summed E-state index contributed by atoms with van der Waals surface area (Å²) in [5, 5.41) is 0. The van der Waals surface area contributed by atoms with Crippen molar-refractivity contribution >= 4 is 0 Å². The van der Waals surface area contributed by atoms with Gasteiger partial charge in [0.2, 0.25) is 0 Å². The Hall–Kier alpha value is -2.52. The van der Waals surface area contributed by atoms with Gasteiger partial charge in [-0.2, -0.15) is 0 Å². The van der Waals surface area contributed by atoms with Crippen molar-refractivity contribution in [2.75, 3.05) is 0 Å². The lowest BCUT2D eigenvalue weighted by Gasteiger charge is -2.14. The lowest BCUT2D eigenvalue weighted by Crippen LogP contribution is -1.91. The summed E-state index contributed by atoms with van der Waals surface area (Å²) >= 11 is 0. The molecule has 0 heterocycles. The molecule has 0 aliphatic heterocycles. The number of benzene rings is 2. The van der Waals surface area contributed by atoms with Gasteiger partial charge in [0.15, 0.2) is 0 Å². The molecular formula is C21H18. The van der Waals surface area contributed by atoms with E-state index in [2.05, 4.69) is 81.4 Å². The molecule has 102 valence electrons. The fourth-order valence-electron chi connectivity index (χ4n) is 2.85. The predicted molar refractivity (Wildman–Crippen MR) is 89.2 cm³/mol. The molecule has 3 rings (SSSR count). The molecule has 3 aromatic rings. The van der Waals surface area contributed by atoms with Crippen molar-refractivity contribution in [1.29, 1.82) is 0 Å². The fraction of sp³-hybridized carbons (Fsp3) is 0.143. The molecule has 0 spiro atoms. The maximum atomic E-state index is 3.17. The van der Waals surface area contributed by atoms with Crippen LogP contribution in [0.5, 0.6) is 0 Å². The molecule has 0 nitrogen and oxygen atoms in total. The highest BCUT2D eigenvalue weighted by molar-refractivity contribution is 5.80. The van der Waals surface area contributed by atoms with Gasteiger partial charge in [-0.25, -0.2) is 0 Å². The molecule has 0 fully saturated rings. The van der Waals surface area contributed by atoms with E-state index >= 15 is 0 Å². The zero-order valence-electron chi connectivity index (χ0n) is 12.7.